The normalized spacial score (nSPS) is 13.4. The number of nitrogens with zero attached hydrogens (tertiary/aromatic N) is 3. The molecule has 0 bridgehead atoms. The topological polar surface area (TPSA) is 69.7 Å². The lowest BCUT2D eigenvalue weighted by Gasteiger charge is -2.24. The zero-order chi connectivity index (χ0) is 24.8. The molecular weight excluding hydrogens is 459 g/mol. The van der Waals surface area contributed by atoms with Crippen molar-refractivity contribution in [2.24, 2.45) is 0 Å². The molecule has 2 heterocycles. The molecule has 0 fully saturated rings. The van der Waals surface area contributed by atoms with Crippen molar-refractivity contribution in [3.8, 4) is 5.75 Å². The minimum Gasteiger partial charge on any atom is -0.406 e. The van der Waals surface area contributed by atoms with Crippen LogP contribution in [0.3, 0.4) is 0 Å². The van der Waals surface area contributed by atoms with Crippen LogP contribution in [-0.2, 0) is 13.1 Å². The maximum absolute atomic E-state index is 12.4. The summed E-state index contributed by atoms with van der Waals surface area (Å²) in [6, 6.07) is 16.8. The third-order valence-electron chi connectivity index (χ3n) is 5.38. The molecule has 1 aromatic heterocycles. The fraction of sp³-hybridized carbons (Fsp3) is 0.200. The Kier molecular flexibility index (Phi) is 7.09. The van der Waals surface area contributed by atoms with E-state index in [1.165, 1.54) is 12.1 Å². The van der Waals surface area contributed by atoms with Crippen LogP contribution in [0, 0.1) is 0 Å². The zero-order valence-electron chi connectivity index (χ0n) is 18.9. The minimum atomic E-state index is -4.73. The number of urea groups is 1. The summed E-state index contributed by atoms with van der Waals surface area (Å²) in [5.41, 5.74) is 4.16. The van der Waals surface area contributed by atoms with Crippen LogP contribution in [-0.4, -0.2) is 28.9 Å². The van der Waals surface area contributed by atoms with E-state index in [-0.39, 0.29) is 11.8 Å². The zero-order valence-corrected chi connectivity index (χ0v) is 18.9. The number of ether oxygens (including phenoxy) is 1. The van der Waals surface area contributed by atoms with Gasteiger partial charge < -0.3 is 25.2 Å². The van der Waals surface area contributed by atoms with E-state index in [9.17, 15) is 18.0 Å². The number of amides is 2. The van der Waals surface area contributed by atoms with E-state index in [0.29, 0.717) is 25.4 Å². The van der Waals surface area contributed by atoms with Gasteiger partial charge in [-0.05, 0) is 48.4 Å². The summed E-state index contributed by atoms with van der Waals surface area (Å²) < 4.78 is 41.1. The highest BCUT2D eigenvalue weighted by Crippen LogP contribution is 2.29. The quantitative estimate of drug-likeness (QED) is 0.468. The number of hydrogen-bond donors (Lipinski definition) is 2. The second-order valence-electron chi connectivity index (χ2n) is 7.95. The first-order valence-electron chi connectivity index (χ1n) is 10.8. The highest BCUT2D eigenvalue weighted by atomic mass is 19.4. The van der Waals surface area contributed by atoms with Gasteiger partial charge in [-0.2, -0.15) is 0 Å². The van der Waals surface area contributed by atoms with Crippen LogP contribution in [0.15, 0.2) is 85.0 Å². The first kappa shape index (κ1) is 23.9. The molecule has 182 valence electrons. The third kappa shape index (κ3) is 6.66. The van der Waals surface area contributed by atoms with E-state index < -0.39 is 6.36 Å². The van der Waals surface area contributed by atoms with Crippen LogP contribution in [0.4, 0.5) is 29.3 Å². The van der Waals surface area contributed by atoms with Crippen molar-refractivity contribution in [2.75, 3.05) is 16.9 Å². The molecule has 10 heteroatoms. The van der Waals surface area contributed by atoms with Gasteiger partial charge in [-0.3, -0.25) is 4.98 Å². The predicted molar refractivity (Wildman–Crippen MR) is 126 cm³/mol. The number of hydrogen-bond acceptors (Lipinski definition) is 5. The second-order valence-corrected chi connectivity index (χ2v) is 7.95. The van der Waals surface area contributed by atoms with Crippen molar-refractivity contribution in [2.45, 2.75) is 26.4 Å². The summed E-state index contributed by atoms with van der Waals surface area (Å²) >= 11 is 0. The Balaban J connectivity index is 1.37. The van der Waals surface area contributed by atoms with Gasteiger partial charge in [0.15, 0.2) is 0 Å². The average molecular weight is 483 g/mol. The fourth-order valence-corrected chi connectivity index (χ4v) is 3.64. The Labute approximate surface area is 200 Å². The van der Waals surface area contributed by atoms with Gasteiger partial charge in [0.2, 0.25) is 0 Å². The van der Waals surface area contributed by atoms with E-state index in [1.54, 1.807) is 24.5 Å². The van der Waals surface area contributed by atoms with E-state index in [1.807, 2.05) is 54.4 Å². The summed E-state index contributed by atoms with van der Waals surface area (Å²) in [6.07, 6.45) is 0.454. The van der Waals surface area contributed by atoms with E-state index in [0.717, 1.165) is 22.5 Å². The first-order chi connectivity index (χ1) is 16.8. The molecule has 0 radical (unpaired) electrons. The maximum atomic E-state index is 12.4. The minimum absolute atomic E-state index is 0.268. The Morgan fingerprint density at radius 2 is 1.83 bits per heavy atom. The number of carbonyl (C=O) groups is 1. The number of rotatable bonds is 7. The number of benzene rings is 2. The molecule has 0 saturated heterocycles. The number of allylic oxidation sites excluding steroid dienone is 1. The monoisotopic (exact) mass is 483 g/mol. The molecule has 4 rings (SSSR count). The summed E-state index contributed by atoms with van der Waals surface area (Å²) in [7, 11) is 0. The van der Waals surface area contributed by atoms with Gasteiger partial charge in [0, 0.05) is 36.9 Å². The molecule has 2 amide bonds. The van der Waals surface area contributed by atoms with E-state index in [2.05, 4.69) is 25.3 Å². The lowest BCUT2D eigenvalue weighted by molar-refractivity contribution is -0.274. The summed E-state index contributed by atoms with van der Waals surface area (Å²) in [4.78, 5) is 20.6. The van der Waals surface area contributed by atoms with Gasteiger partial charge in [-0.25, -0.2) is 4.79 Å². The molecule has 1 aliphatic heterocycles. The SMILES string of the molecule is CC1=CN(c2ccc(OC(F)(F)F)cc2)CN1Cc1ccncc1NC(=O)NCc1ccccc1. The molecule has 7 nitrogen and oxygen atoms in total. The van der Waals surface area contributed by atoms with Crippen LogP contribution >= 0.6 is 0 Å². The molecule has 3 aromatic rings. The van der Waals surface area contributed by atoms with Gasteiger partial charge >= 0.3 is 12.4 Å². The average Bonchev–Trinajstić information content (AvgIpc) is 3.19. The summed E-state index contributed by atoms with van der Waals surface area (Å²) in [5.74, 6) is -0.268. The van der Waals surface area contributed by atoms with Gasteiger partial charge in [0.25, 0.3) is 0 Å². The molecule has 1 aliphatic rings. The molecule has 35 heavy (non-hydrogen) atoms. The van der Waals surface area contributed by atoms with Gasteiger partial charge in [-0.15, -0.1) is 13.2 Å². The maximum Gasteiger partial charge on any atom is 0.573 e. The Morgan fingerprint density at radius 1 is 1.09 bits per heavy atom. The summed E-state index contributed by atoms with van der Waals surface area (Å²) in [5, 5.41) is 5.69. The van der Waals surface area contributed by atoms with E-state index >= 15 is 0 Å². The van der Waals surface area contributed by atoms with Gasteiger partial charge in [0.1, 0.15) is 5.75 Å². The highest BCUT2D eigenvalue weighted by Gasteiger charge is 2.31. The molecule has 2 N–H and O–H groups in total. The van der Waals surface area contributed by atoms with Crippen LogP contribution in [0.25, 0.3) is 0 Å². The molecule has 0 spiro atoms. The van der Waals surface area contributed by atoms with Gasteiger partial charge in [0.05, 0.1) is 18.6 Å². The standard InChI is InChI=1S/C25H24F3N5O2/c1-18-15-33(21-7-9-22(10-8-21)35-25(26,27)28)17-32(18)16-20-11-12-29-14-23(20)31-24(34)30-13-19-5-3-2-4-6-19/h2-12,14-15H,13,16-17H2,1H3,(H2,30,31,34). The highest BCUT2D eigenvalue weighted by molar-refractivity contribution is 5.89. The van der Waals surface area contributed by atoms with Crippen molar-refractivity contribution >= 4 is 17.4 Å². The molecule has 0 unspecified atom stereocenters. The number of anilines is 2. The second kappa shape index (κ2) is 10.4. The molecule has 0 aliphatic carbocycles. The summed E-state index contributed by atoms with van der Waals surface area (Å²) in [6.45, 7) is 3.35. The number of aromatic nitrogens is 1. The lowest BCUT2D eigenvalue weighted by atomic mass is 10.2. The molecule has 2 aromatic carbocycles. The number of alkyl halides is 3. The number of pyridine rings is 1. The van der Waals surface area contributed by atoms with Crippen molar-refractivity contribution < 1.29 is 22.7 Å². The Hall–Kier alpha value is -4.21. The van der Waals surface area contributed by atoms with E-state index in [4.69, 9.17) is 0 Å². The largest absolute Gasteiger partial charge is 0.573 e. The van der Waals surface area contributed by atoms with Crippen molar-refractivity contribution in [3.05, 3.63) is 96.1 Å². The number of nitrogens with one attached hydrogen (secondary N) is 2. The van der Waals surface area contributed by atoms with Crippen molar-refractivity contribution in [1.82, 2.24) is 15.2 Å². The van der Waals surface area contributed by atoms with Crippen LogP contribution in [0.2, 0.25) is 0 Å². The Morgan fingerprint density at radius 3 is 2.54 bits per heavy atom. The predicted octanol–water partition coefficient (Wildman–Crippen LogP) is 5.44. The number of halogens is 3. The van der Waals surface area contributed by atoms with Crippen LogP contribution < -0.4 is 20.3 Å². The van der Waals surface area contributed by atoms with Crippen LogP contribution in [0.1, 0.15) is 18.1 Å². The molecule has 0 atom stereocenters. The number of carbonyl (C=O) groups excluding carboxylic acids is 1. The Bertz CT molecular complexity index is 1180. The first-order valence-corrected chi connectivity index (χ1v) is 10.8. The molecular formula is C25H24F3N5O2. The third-order valence-corrected chi connectivity index (χ3v) is 5.38. The van der Waals surface area contributed by atoms with Crippen molar-refractivity contribution in [3.63, 3.8) is 0 Å². The van der Waals surface area contributed by atoms with Crippen molar-refractivity contribution in [1.29, 1.82) is 0 Å². The lowest BCUT2D eigenvalue weighted by Crippen LogP contribution is -2.30. The van der Waals surface area contributed by atoms with Gasteiger partial charge in [-0.1, -0.05) is 30.3 Å². The molecule has 0 saturated carbocycles. The fourth-order valence-electron chi connectivity index (χ4n) is 3.64. The van der Waals surface area contributed by atoms with Crippen LogP contribution in [0.5, 0.6) is 5.75 Å². The smallest absolute Gasteiger partial charge is 0.406 e.